The number of benzene rings is 1. The summed E-state index contributed by atoms with van der Waals surface area (Å²) in [6.45, 7) is 2.33. The van der Waals surface area contributed by atoms with E-state index in [9.17, 15) is 19.2 Å². The fraction of sp³-hybridized carbons (Fsp3) is 0.200. The lowest BCUT2D eigenvalue weighted by atomic mass is 10.1. The SMILES string of the molecule is CNC(=O)N1CC(=NC(=O)c2ccc(C)s2)C(C=NC(=O)c2ccc(-n3ccccc3=O)cc2)C1. The van der Waals surface area contributed by atoms with Crippen molar-refractivity contribution in [2.24, 2.45) is 15.9 Å². The number of aliphatic imine (C=N–C) groups is 2. The molecule has 1 N–H and O–H groups in total. The molecule has 4 rings (SSSR count). The highest BCUT2D eigenvalue weighted by atomic mass is 32.1. The van der Waals surface area contributed by atoms with E-state index in [0.717, 1.165) is 4.88 Å². The van der Waals surface area contributed by atoms with Gasteiger partial charge >= 0.3 is 6.03 Å². The summed E-state index contributed by atoms with van der Waals surface area (Å²) in [6, 6.07) is 14.7. The second-order valence-electron chi connectivity index (χ2n) is 7.90. The first-order valence-corrected chi connectivity index (χ1v) is 11.7. The third kappa shape index (κ3) is 5.49. The highest BCUT2D eigenvalue weighted by Gasteiger charge is 2.31. The maximum atomic E-state index is 12.7. The van der Waals surface area contributed by atoms with Crippen LogP contribution in [0.4, 0.5) is 4.79 Å². The molecular weight excluding hydrogens is 466 g/mol. The third-order valence-corrected chi connectivity index (χ3v) is 6.47. The summed E-state index contributed by atoms with van der Waals surface area (Å²) < 4.78 is 1.47. The van der Waals surface area contributed by atoms with Gasteiger partial charge in [-0.25, -0.2) is 14.8 Å². The molecule has 2 aromatic heterocycles. The molecule has 0 bridgehead atoms. The van der Waals surface area contributed by atoms with Crippen LogP contribution >= 0.6 is 11.3 Å². The number of rotatable bonds is 4. The zero-order valence-electron chi connectivity index (χ0n) is 19.2. The fourth-order valence-electron chi connectivity index (χ4n) is 3.66. The number of aromatic nitrogens is 1. The second kappa shape index (κ2) is 10.4. The van der Waals surface area contributed by atoms with Gasteiger partial charge in [0.1, 0.15) is 0 Å². The van der Waals surface area contributed by atoms with Crippen molar-refractivity contribution in [3.05, 3.63) is 86.5 Å². The van der Waals surface area contributed by atoms with E-state index in [1.54, 1.807) is 48.7 Å². The van der Waals surface area contributed by atoms with Crippen molar-refractivity contribution in [1.82, 2.24) is 14.8 Å². The van der Waals surface area contributed by atoms with E-state index in [2.05, 4.69) is 15.3 Å². The molecule has 1 aliphatic rings. The van der Waals surface area contributed by atoms with Crippen LogP contribution in [0.3, 0.4) is 0 Å². The molecule has 4 amide bonds. The van der Waals surface area contributed by atoms with Crippen molar-refractivity contribution in [1.29, 1.82) is 0 Å². The molecule has 1 unspecified atom stereocenters. The van der Waals surface area contributed by atoms with Gasteiger partial charge in [0.2, 0.25) is 0 Å². The minimum Gasteiger partial charge on any atom is -0.341 e. The molecule has 0 saturated carbocycles. The van der Waals surface area contributed by atoms with E-state index >= 15 is 0 Å². The lowest BCUT2D eigenvalue weighted by Gasteiger charge is -2.13. The Bertz CT molecular complexity index is 1390. The van der Waals surface area contributed by atoms with Gasteiger partial charge in [-0.1, -0.05) is 6.07 Å². The van der Waals surface area contributed by atoms with E-state index in [1.165, 1.54) is 40.1 Å². The van der Waals surface area contributed by atoms with Gasteiger partial charge < -0.3 is 10.2 Å². The Hall–Kier alpha value is -4.18. The number of urea groups is 1. The average molecular weight is 490 g/mol. The molecule has 0 aliphatic carbocycles. The zero-order valence-corrected chi connectivity index (χ0v) is 20.0. The molecule has 1 atom stereocenters. The van der Waals surface area contributed by atoms with Gasteiger partial charge in [-0.2, -0.15) is 0 Å². The van der Waals surface area contributed by atoms with Gasteiger partial charge in [0.05, 0.1) is 23.1 Å². The molecular formula is C25H23N5O4S. The summed E-state index contributed by atoms with van der Waals surface area (Å²) in [5.41, 5.74) is 1.27. The lowest BCUT2D eigenvalue weighted by molar-refractivity contribution is 0.0997. The summed E-state index contributed by atoms with van der Waals surface area (Å²) in [7, 11) is 1.52. The highest BCUT2D eigenvalue weighted by molar-refractivity contribution is 7.14. The van der Waals surface area contributed by atoms with Gasteiger partial charge in [0.25, 0.3) is 17.4 Å². The number of likely N-dealkylation sites (tertiary alicyclic amines) is 1. The summed E-state index contributed by atoms with van der Waals surface area (Å²) in [6.07, 6.45) is 3.09. The van der Waals surface area contributed by atoms with E-state index in [4.69, 9.17) is 0 Å². The summed E-state index contributed by atoms with van der Waals surface area (Å²) >= 11 is 1.35. The Kier molecular flexibility index (Phi) is 7.11. The number of nitrogens with zero attached hydrogens (tertiary/aromatic N) is 4. The standard InChI is InChI=1S/C25H23N5O4S/c1-16-6-11-21(35-16)24(33)28-20-15-29(25(34)26-2)14-18(20)13-27-23(32)17-7-9-19(10-8-17)30-12-4-3-5-22(30)31/h3-13,18H,14-15H2,1-2H3,(H,26,34). The number of nitrogens with one attached hydrogen (secondary N) is 1. The number of thiophene rings is 1. The number of amides is 4. The van der Waals surface area contributed by atoms with Crippen molar-refractivity contribution < 1.29 is 14.4 Å². The van der Waals surface area contributed by atoms with Crippen LogP contribution in [0.1, 0.15) is 24.9 Å². The molecule has 0 radical (unpaired) electrons. The van der Waals surface area contributed by atoms with E-state index in [-0.39, 0.29) is 30.6 Å². The summed E-state index contributed by atoms with van der Waals surface area (Å²) in [5, 5.41) is 2.56. The number of hydrogen-bond donors (Lipinski definition) is 1. The number of pyridine rings is 1. The monoisotopic (exact) mass is 489 g/mol. The average Bonchev–Trinajstić information content (AvgIpc) is 3.48. The van der Waals surface area contributed by atoms with Crippen LogP contribution in [0.15, 0.2) is 75.6 Å². The zero-order chi connectivity index (χ0) is 24.9. The van der Waals surface area contributed by atoms with Crippen molar-refractivity contribution in [2.45, 2.75) is 6.92 Å². The smallest absolute Gasteiger partial charge is 0.317 e. The number of carbonyl (C=O) groups is 3. The minimum atomic E-state index is -0.477. The van der Waals surface area contributed by atoms with Gasteiger partial charge in [-0.15, -0.1) is 11.3 Å². The van der Waals surface area contributed by atoms with E-state index in [0.29, 0.717) is 21.8 Å². The van der Waals surface area contributed by atoms with Crippen molar-refractivity contribution in [3.63, 3.8) is 0 Å². The van der Waals surface area contributed by atoms with E-state index in [1.807, 2.05) is 13.0 Å². The van der Waals surface area contributed by atoms with Crippen LogP contribution in [-0.4, -0.2) is 59.4 Å². The Morgan fingerprint density at radius 3 is 2.49 bits per heavy atom. The molecule has 0 spiro atoms. The number of hydrogen-bond acceptors (Lipinski definition) is 5. The molecule has 178 valence electrons. The summed E-state index contributed by atoms with van der Waals surface area (Å²) in [4.78, 5) is 60.7. The maximum absolute atomic E-state index is 12.7. The largest absolute Gasteiger partial charge is 0.341 e. The third-order valence-electron chi connectivity index (χ3n) is 5.48. The molecule has 3 aromatic rings. The number of aryl methyl sites for hydroxylation is 1. The highest BCUT2D eigenvalue weighted by Crippen LogP contribution is 2.19. The molecule has 1 aromatic carbocycles. The quantitative estimate of drug-likeness (QED) is 0.568. The normalized spacial score (nSPS) is 16.7. The summed E-state index contributed by atoms with van der Waals surface area (Å²) in [5.74, 6) is -1.33. The molecule has 1 aliphatic heterocycles. The lowest BCUT2D eigenvalue weighted by Crippen LogP contribution is -2.36. The van der Waals surface area contributed by atoms with Crippen LogP contribution in [0, 0.1) is 12.8 Å². The van der Waals surface area contributed by atoms with Gasteiger partial charge in [-0.3, -0.25) is 19.0 Å². The van der Waals surface area contributed by atoms with Crippen LogP contribution < -0.4 is 10.9 Å². The van der Waals surface area contributed by atoms with E-state index < -0.39 is 11.8 Å². The molecule has 3 heterocycles. The van der Waals surface area contributed by atoms with Gasteiger partial charge in [0.15, 0.2) is 0 Å². The van der Waals surface area contributed by atoms with Crippen molar-refractivity contribution in [3.8, 4) is 5.69 Å². The fourth-order valence-corrected chi connectivity index (χ4v) is 4.41. The molecule has 1 saturated heterocycles. The minimum absolute atomic E-state index is 0.168. The van der Waals surface area contributed by atoms with Gasteiger partial charge in [-0.05, 0) is 49.4 Å². The van der Waals surface area contributed by atoms with Crippen LogP contribution in [0.5, 0.6) is 0 Å². The van der Waals surface area contributed by atoms with Crippen molar-refractivity contribution >= 4 is 41.1 Å². The Labute approximate surface area is 205 Å². The van der Waals surface area contributed by atoms with Gasteiger partial charge in [0, 0.05) is 48.2 Å². The topological polar surface area (TPSA) is 113 Å². The molecule has 10 heteroatoms. The molecule has 1 fully saturated rings. The predicted octanol–water partition coefficient (Wildman–Crippen LogP) is 2.97. The Balaban J connectivity index is 1.52. The first-order valence-electron chi connectivity index (χ1n) is 10.9. The maximum Gasteiger partial charge on any atom is 0.317 e. The Morgan fingerprint density at radius 2 is 1.83 bits per heavy atom. The predicted molar refractivity (Wildman–Crippen MR) is 135 cm³/mol. The first-order chi connectivity index (χ1) is 16.9. The first kappa shape index (κ1) is 24.0. The molecule has 35 heavy (non-hydrogen) atoms. The van der Waals surface area contributed by atoms with Crippen molar-refractivity contribution in [2.75, 3.05) is 20.1 Å². The molecule has 9 nitrogen and oxygen atoms in total. The van der Waals surface area contributed by atoms with Crippen LogP contribution in [-0.2, 0) is 0 Å². The van der Waals surface area contributed by atoms with Crippen LogP contribution in [0.2, 0.25) is 0 Å². The Morgan fingerprint density at radius 1 is 1.06 bits per heavy atom. The van der Waals surface area contributed by atoms with Crippen LogP contribution in [0.25, 0.3) is 5.69 Å². The second-order valence-corrected chi connectivity index (χ2v) is 9.19. The number of carbonyl (C=O) groups excluding carboxylic acids is 3.